The average molecular weight is 225 g/mol. The molecule has 2 nitrogen and oxygen atoms in total. The Balaban J connectivity index is 1.87. The third-order valence-corrected chi connectivity index (χ3v) is 4.49. The molecular formula is C12H17ClN2. The second-order valence-corrected chi connectivity index (χ2v) is 5.36. The summed E-state index contributed by atoms with van der Waals surface area (Å²) in [5.74, 6) is 2.45. The molecule has 2 aliphatic carbocycles. The fraction of sp³-hybridized carbons (Fsp3) is 0.750. The van der Waals surface area contributed by atoms with E-state index in [0.717, 1.165) is 17.5 Å². The molecule has 2 aliphatic rings. The third-order valence-electron chi connectivity index (χ3n) is 4.20. The van der Waals surface area contributed by atoms with Gasteiger partial charge >= 0.3 is 0 Å². The van der Waals surface area contributed by atoms with Crippen LogP contribution in [0.15, 0.2) is 6.20 Å². The number of rotatable bonds is 2. The Morgan fingerprint density at radius 2 is 2.33 bits per heavy atom. The number of hydrogen-bond acceptors (Lipinski definition) is 1. The van der Waals surface area contributed by atoms with Crippen LogP contribution in [0.25, 0.3) is 0 Å². The van der Waals surface area contributed by atoms with Crippen LogP contribution in [0, 0.1) is 18.8 Å². The van der Waals surface area contributed by atoms with Gasteiger partial charge in [-0.1, -0.05) is 6.42 Å². The molecule has 3 rings (SSSR count). The van der Waals surface area contributed by atoms with Crippen molar-refractivity contribution in [3.63, 3.8) is 0 Å². The fourth-order valence-electron chi connectivity index (χ4n) is 3.36. The van der Waals surface area contributed by atoms with Crippen molar-refractivity contribution >= 4 is 11.6 Å². The van der Waals surface area contributed by atoms with E-state index in [0.29, 0.717) is 11.9 Å². The van der Waals surface area contributed by atoms with E-state index in [1.54, 1.807) is 0 Å². The van der Waals surface area contributed by atoms with Crippen LogP contribution in [0.1, 0.15) is 43.0 Å². The molecule has 2 fully saturated rings. The Labute approximate surface area is 95.6 Å². The molecule has 2 saturated carbocycles. The second kappa shape index (κ2) is 3.51. The van der Waals surface area contributed by atoms with Crippen LogP contribution < -0.4 is 0 Å². The van der Waals surface area contributed by atoms with Gasteiger partial charge in [-0.05, 0) is 38.0 Å². The highest BCUT2D eigenvalue weighted by molar-refractivity contribution is 6.17. The number of aromatic nitrogens is 2. The van der Waals surface area contributed by atoms with Crippen molar-refractivity contribution in [1.29, 1.82) is 0 Å². The molecule has 1 heterocycles. The van der Waals surface area contributed by atoms with Gasteiger partial charge in [0.05, 0.1) is 17.6 Å². The minimum atomic E-state index is 0.590. The van der Waals surface area contributed by atoms with Crippen molar-refractivity contribution in [2.75, 3.05) is 0 Å². The topological polar surface area (TPSA) is 17.8 Å². The first-order valence-corrected chi connectivity index (χ1v) is 6.42. The van der Waals surface area contributed by atoms with Gasteiger partial charge < -0.3 is 0 Å². The summed E-state index contributed by atoms with van der Waals surface area (Å²) in [6.45, 7) is 2.06. The SMILES string of the molecule is Cc1nn(C2CC3CCC2C3)cc1CCl. The Bertz CT molecular complexity index is 372. The minimum Gasteiger partial charge on any atom is -0.269 e. The first kappa shape index (κ1) is 9.71. The van der Waals surface area contributed by atoms with Gasteiger partial charge in [0.25, 0.3) is 0 Å². The molecular weight excluding hydrogens is 208 g/mol. The first-order chi connectivity index (χ1) is 7.28. The minimum absolute atomic E-state index is 0.590. The van der Waals surface area contributed by atoms with Gasteiger partial charge in [0, 0.05) is 11.8 Å². The van der Waals surface area contributed by atoms with E-state index in [-0.39, 0.29) is 0 Å². The van der Waals surface area contributed by atoms with Gasteiger partial charge in [-0.2, -0.15) is 5.10 Å². The Kier molecular flexibility index (Phi) is 2.27. The molecule has 0 aromatic carbocycles. The number of fused-ring (bicyclic) bond motifs is 2. The molecule has 0 radical (unpaired) electrons. The molecule has 0 aliphatic heterocycles. The van der Waals surface area contributed by atoms with E-state index in [9.17, 15) is 0 Å². The molecule has 1 aromatic heterocycles. The zero-order valence-corrected chi connectivity index (χ0v) is 9.87. The molecule has 0 amide bonds. The molecule has 2 bridgehead atoms. The van der Waals surface area contributed by atoms with Crippen LogP contribution in [-0.2, 0) is 5.88 Å². The monoisotopic (exact) mass is 224 g/mol. The van der Waals surface area contributed by atoms with E-state index >= 15 is 0 Å². The lowest BCUT2D eigenvalue weighted by Gasteiger charge is -2.21. The average Bonchev–Trinajstić information content (AvgIpc) is 2.90. The van der Waals surface area contributed by atoms with Crippen molar-refractivity contribution in [3.8, 4) is 0 Å². The Morgan fingerprint density at radius 1 is 1.47 bits per heavy atom. The maximum atomic E-state index is 5.88. The normalized spacial score (nSPS) is 33.9. The largest absolute Gasteiger partial charge is 0.269 e. The maximum Gasteiger partial charge on any atom is 0.0637 e. The summed E-state index contributed by atoms with van der Waals surface area (Å²) < 4.78 is 2.19. The summed E-state index contributed by atoms with van der Waals surface area (Å²) in [4.78, 5) is 0. The van der Waals surface area contributed by atoms with Gasteiger partial charge in [-0.3, -0.25) is 4.68 Å². The van der Waals surface area contributed by atoms with Gasteiger partial charge in [0.1, 0.15) is 0 Å². The Morgan fingerprint density at radius 3 is 2.87 bits per heavy atom. The van der Waals surface area contributed by atoms with Crippen molar-refractivity contribution in [1.82, 2.24) is 9.78 Å². The van der Waals surface area contributed by atoms with Crippen LogP contribution in [0.3, 0.4) is 0 Å². The van der Waals surface area contributed by atoms with Crippen molar-refractivity contribution in [2.45, 2.75) is 44.5 Å². The van der Waals surface area contributed by atoms with Crippen LogP contribution in [-0.4, -0.2) is 9.78 Å². The molecule has 3 unspecified atom stereocenters. The molecule has 0 saturated heterocycles. The highest BCUT2D eigenvalue weighted by atomic mass is 35.5. The standard InChI is InChI=1S/C12H17ClN2/c1-8-11(6-13)7-15(14-8)12-5-9-2-3-10(12)4-9/h7,9-10,12H,2-6H2,1H3. The van der Waals surface area contributed by atoms with Crippen molar-refractivity contribution in [3.05, 3.63) is 17.5 Å². The molecule has 0 spiro atoms. The van der Waals surface area contributed by atoms with Crippen molar-refractivity contribution in [2.24, 2.45) is 11.8 Å². The van der Waals surface area contributed by atoms with Crippen LogP contribution in [0.5, 0.6) is 0 Å². The molecule has 1 aromatic rings. The fourth-order valence-corrected chi connectivity index (χ4v) is 3.62. The molecule has 3 heteroatoms. The number of halogens is 1. The zero-order valence-electron chi connectivity index (χ0n) is 9.12. The molecule has 3 atom stereocenters. The Hall–Kier alpha value is -0.500. The summed E-state index contributed by atoms with van der Waals surface area (Å²) in [5.41, 5.74) is 2.30. The smallest absolute Gasteiger partial charge is 0.0637 e. The molecule has 15 heavy (non-hydrogen) atoms. The maximum absolute atomic E-state index is 5.88. The molecule has 0 N–H and O–H groups in total. The number of alkyl halides is 1. The summed E-state index contributed by atoms with van der Waals surface area (Å²) in [6, 6.07) is 0.666. The van der Waals surface area contributed by atoms with E-state index < -0.39 is 0 Å². The summed E-state index contributed by atoms with van der Waals surface area (Å²) in [6.07, 6.45) is 7.79. The predicted molar refractivity (Wildman–Crippen MR) is 61.0 cm³/mol. The quantitative estimate of drug-likeness (QED) is 0.705. The lowest BCUT2D eigenvalue weighted by atomic mass is 9.96. The van der Waals surface area contributed by atoms with Crippen LogP contribution >= 0.6 is 11.6 Å². The first-order valence-electron chi connectivity index (χ1n) is 5.88. The van der Waals surface area contributed by atoms with Crippen molar-refractivity contribution < 1.29 is 0 Å². The third kappa shape index (κ3) is 1.50. The summed E-state index contributed by atoms with van der Waals surface area (Å²) in [5, 5.41) is 4.61. The second-order valence-electron chi connectivity index (χ2n) is 5.10. The number of hydrogen-bond donors (Lipinski definition) is 0. The highest BCUT2D eigenvalue weighted by Gasteiger charge is 2.40. The molecule has 82 valence electrons. The van der Waals surface area contributed by atoms with Gasteiger partial charge in [-0.25, -0.2) is 0 Å². The van der Waals surface area contributed by atoms with Gasteiger partial charge in [-0.15, -0.1) is 11.6 Å². The number of nitrogens with zero attached hydrogens (tertiary/aromatic N) is 2. The summed E-state index contributed by atoms with van der Waals surface area (Å²) >= 11 is 5.88. The van der Waals surface area contributed by atoms with Crippen LogP contribution in [0.2, 0.25) is 0 Å². The van der Waals surface area contributed by atoms with Crippen LogP contribution in [0.4, 0.5) is 0 Å². The van der Waals surface area contributed by atoms with E-state index in [1.807, 2.05) is 0 Å². The van der Waals surface area contributed by atoms with Gasteiger partial charge in [0.15, 0.2) is 0 Å². The predicted octanol–water partition coefficient (Wildman–Crippen LogP) is 3.29. The zero-order chi connectivity index (χ0) is 10.4. The highest BCUT2D eigenvalue weighted by Crippen LogP contribution is 2.50. The summed E-state index contributed by atoms with van der Waals surface area (Å²) in [7, 11) is 0. The lowest BCUT2D eigenvalue weighted by molar-refractivity contribution is 0.306. The lowest BCUT2D eigenvalue weighted by Crippen LogP contribution is -2.16. The van der Waals surface area contributed by atoms with E-state index in [4.69, 9.17) is 11.6 Å². The van der Waals surface area contributed by atoms with Gasteiger partial charge in [0.2, 0.25) is 0 Å². The number of aryl methyl sites for hydroxylation is 1. The van der Waals surface area contributed by atoms with E-state index in [1.165, 1.54) is 31.2 Å². The van der Waals surface area contributed by atoms with E-state index in [2.05, 4.69) is 22.9 Å².